The number of rotatable bonds is 2. The van der Waals surface area contributed by atoms with Crippen molar-refractivity contribution in [2.75, 3.05) is 7.11 Å². The molecule has 0 amide bonds. The third kappa shape index (κ3) is 2.52. The number of methoxy groups -OCH3 is 1. The van der Waals surface area contributed by atoms with E-state index in [4.69, 9.17) is 5.11 Å². The quantitative estimate of drug-likeness (QED) is 0.549. The maximum Gasteiger partial charge on any atom is 0.330 e. The molecular formula is C10H10O4. The summed E-state index contributed by atoms with van der Waals surface area (Å²) in [6, 6.07) is 4.09. The molecule has 74 valence electrons. The molecular weight excluding hydrogens is 184 g/mol. The van der Waals surface area contributed by atoms with Crippen LogP contribution < -0.4 is 0 Å². The highest BCUT2D eigenvalue weighted by Crippen LogP contribution is 2.23. The van der Waals surface area contributed by atoms with Gasteiger partial charge in [-0.1, -0.05) is 0 Å². The van der Waals surface area contributed by atoms with Gasteiger partial charge in [-0.15, -0.1) is 0 Å². The monoisotopic (exact) mass is 194 g/mol. The molecule has 0 radical (unpaired) electrons. The highest BCUT2D eigenvalue weighted by molar-refractivity contribution is 5.87. The van der Waals surface area contributed by atoms with Crippen LogP contribution in [-0.4, -0.2) is 23.3 Å². The molecule has 2 N–H and O–H groups in total. The van der Waals surface area contributed by atoms with Crippen LogP contribution in [0.1, 0.15) is 5.56 Å². The van der Waals surface area contributed by atoms with Gasteiger partial charge in [-0.2, -0.15) is 0 Å². The summed E-state index contributed by atoms with van der Waals surface area (Å²) in [5, 5.41) is 18.3. The van der Waals surface area contributed by atoms with Crippen molar-refractivity contribution in [3.05, 3.63) is 29.8 Å². The molecule has 0 unspecified atom stereocenters. The van der Waals surface area contributed by atoms with E-state index in [9.17, 15) is 9.90 Å². The Balaban J connectivity index is 2.87. The number of carbonyl (C=O) groups is 1. The Morgan fingerprint density at radius 1 is 1.43 bits per heavy atom. The van der Waals surface area contributed by atoms with Crippen LogP contribution >= 0.6 is 0 Å². The van der Waals surface area contributed by atoms with Crippen molar-refractivity contribution >= 4 is 12.0 Å². The second-order valence-corrected chi connectivity index (χ2v) is 2.60. The first-order chi connectivity index (χ1) is 6.63. The second kappa shape index (κ2) is 4.32. The summed E-state index contributed by atoms with van der Waals surface area (Å²) in [5.41, 5.74) is 0.438. The van der Waals surface area contributed by atoms with E-state index in [1.807, 2.05) is 0 Å². The minimum absolute atomic E-state index is 0.0299. The normalized spacial score (nSPS) is 10.4. The smallest absolute Gasteiger partial charge is 0.330 e. The molecule has 0 aliphatic carbocycles. The zero-order valence-corrected chi connectivity index (χ0v) is 7.60. The molecule has 1 rings (SSSR count). The number of benzene rings is 1. The number of phenolic OH excluding ortho intramolecular Hbond substituents is 2. The Morgan fingerprint density at radius 2 is 2.14 bits per heavy atom. The summed E-state index contributed by atoms with van der Waals surface area (Å²) in [6.07, 6.45) is 2.59. The van der Waals surface area contributed by atoms with E-state index >= 15 is 0 Å². The zero-order chi connectivity index (χ0) is 10.6. The van der Waals surface area contributed by atoms with Gasteiger partial charge in [0.25, 0.3) is 0 Å². The Bertz CT molecular complexity index is 368. The van der Waals surface area contributed by atoms with E-state index in [1.165, 1.54) is 37.5 Å². The molecule has 0 spiro atoms. The topological polar surface area (TPSA) is 66.8 Å². The molecule has 0 aromatic heterocycles. The summed E-state index contributed by atoms with van der Waals surface area (Å²) in [6.45, 7) is 0. The summed E-state index contributed by atoms with van der Waals surface area (Å²) in [4.78, 5) is 10.7. The minimum Gasteiger partial charge on any atom is -0.508 e. The lowest BCUT2D eigenvalue weighted by Crippen LogP contribution is -1.93. The first-order valence-electron chi connectivity index (χ1n) is 3.91. The van der Waals surface area contributed by atoms with E-state index in [-0.39, 0.29) is 11.5 Å². The van der Waals surface area contributed by atoms with E-state index in [0.29, 0.717) is 5.56 Å². The zero-order valence-electron chi connectivity index (χ0n) is 7.60. The van der Waals surface area contributed by atoms with Crippen molar-refractivity contribution in [1.29, 1.82) is 0 Å². The van der Waals surface area contributed by atoms with Gasteiger partial charge < -0.3 is 14.9 Å². The molecule has 1 aromatic carbocycles. The van der Waals surface area contributed by atoms with Gasteiger partial charge in [0.05, 0.1) is 7.11 Å². The molecule has 0 atom stereocenters. The number of carbonyl (C=O) groups excluding carboxylic acids is 1. The minimum atomic E-state index is -0.502. The number of phenols is 2. The Hall–Kier alpha value is -1.97. The first kappa shape index (κ1) is 10.1. The predicted molar refractivity (Wildman–Crippen MR) is 50.8 cm³/mol. The lowest BCUT2D eigenvalue weighted by molar-refractivity contribution is -0.134. The van der Waals surface area contributed by atoms with Gasteiger partial charge in [0.1, 0.15) is 11.5 Å². The third-order valence-corrected chi connectivity index (χ3v) is 1.61. The van der Waals surface area contributed by atoms with Gasteiger partial charge in [-0.25, -0.2) is 4.79 Å². The Labute approximate surface area is 81.1 Å². The van der Waals surface area contributed by atoms with Crippen molar-refractivity contribution in [2.45, 2.75) is 0 Å². The standard InChI is InChI=1S/C10H10O4/c1-14-10(13)5-3-7-2-4-8(11)6-9(7)12/h2-6,11-12H,1H3/b5-3+. The predicted octanol–water partition coefficient (Wildman–Crippen LogP) is 1.28. The molecule has 0 fully saturated rings. The fourth-order valence-corrected chi connectivity index (χ4v) is 0.899. The number of esters is 1. The highest BCUT2D eigenvalue weighted by atomic mass is 16.5. The number of hydrogen-bond acceptors (Lipinski definition) is 4. The van der Waals surface area contributed by atoms with Crippen LogP contribution in [0.25, 0.3) is 6.08 Å². The van der Waals surface area contributed by atoms with E-state index < -0.39 is 5.97 Å². The summed E-state index contributed by atoms with van der Waals surface area (Å²) >= 11 is 0. The maximum absolute atomic E-state index is 10.7. The van der Waals surface area contributed by atoms with Gasteiger partial charge in [0.15, 0.2) is 0 Å². The van der Waals surface area contributed by atoms with Crippen LogP contribution in [-0.2, 0) is 9.53 Å². The van der Waals surface area contributed by atoms with Crippen molar-refractivity contribution in [1.82, 2.24) is 0 Å². The van der Waals surface area contributed by atoms with E-state index in [0.717, 1.165) is 0 Å². The summed E-state index contributed by atoms with van der Waals surface area (Å²) < 4.78 is 4.38. The van der Waals surface area contributed by atoms with Gasteiger partial charge in [-0.3, -0.25) is 0 Å². The van der Waals surface area contributed by atoms with Gasteiger partial charge in [0.2, 0.25) is 0 Å². The molecule has 4 heteroatoms. The molecule has 4 nitrogen and oxygen atoms in total. The van der Waals surface area contributed by atoms with Crippen molar-refractivity contribution in [3.63, 3.8) is 0 Å². The lowest BCUT2D eigenvalue weighted by Gasteiger charge is -1.98. The molecule has 0 saturated heterocycles. The SMILES string of the molecule is COC(=O)/C=C/c1ccc(O)cc1O. The van der Waals surface area contributed by atoms with Crippen molar-refractivity contribution in [3.8, 4) is 11.5 Å². The van der Waals surface area contributed by atoms with Crippen molar-refractivity contribution in [2.24, 2.45) is 0 Å². The van der Waals surface area contributed by atoms with Gasteiger partial charge in [0, 0.05) is 17.7 Å². The van der Waals surface area contributed by atoms with Gasteiger partial charge >= 0.3 is 5.97 Å². The number of hydrogen-bond donors (Lipinski definition) is 2. The van der Waals surface area contributed by atoms with Crippen LogP contribution in [0.15, 0.2) is 24.3 Å². The second-order valence-electron chi connectivity index (χ2n) is 2.60. The van der Waals surface area contributed by atoms with Crippen LogP contribution in [0.3, 0.4) is 0 Å². The molecule has 0 bridgehead atoms. The Morgan fingerprint density at radius 3 is 2.71 bits per heavy atom. The molecule has 0 aliphatic heterocycles. The van der Waals surface area contributed by atoms with Crippen LogP contribution in [0, 0.1) is 0 Å². The molecule has 0 saturated carbocycles. The average molecular weight is 194 g/mol. The van der Waals surface area contributed by atoms with E-state index in [2.05, 4.69) is 4.74 Å². The van der Waals surface area contributed by atoms with Gasteiger partial charge in [-0.05, 0) is 18.2 Å². The summed E-state index contributed by atoms with van der Waals surface area (Å²) in [7, 11) is 1.27. The lowest BCUT2D eigenvalue weighted by atomic mass is 10.2. The maximum atomic E-state index is 10.7. The summed E-state index contributed by atoms with van der Waals surface area (Å²) in [5.74, 6) is -0.625. The largest absolute Gasteiger partial charge is 0.508 e. The van der Waals surface area contributed by atoms with Crippen LogP contribution in [0.2, 0.25) is 0 Å². The van der Waals surface area contributed by atoms with E-state index in [1.54, 1.807) is 0 Å². The average Bonchev–Trinajstić information content (AvgIpc) is 2.16. The number of aromatic hydroxyl groups is 2. The third-order valence-electron chi connectivity index (χ3n) is 1.61. The molecule has 0 aliphatic rings. The Kier molecular flexibility index (Phi) is 3.12. The molecule has 0 heterocycles. The fraction of sp³-hybridized carbons (Fsp3) is 0.100. The molecule has 14 heavy (non-hydrogen) atoms. The van der Waals surface area contributed by atoms with Crippen molar-refractivity contribution < 1.29 is 19.7 Å². The first-order valence-corrected chi connectivity index (χ1v) is 3.91. The molecule has 1 aromatic rings. The fourth-order valence-electron chi connectivity index (χ4n) is 0.899. The van der Waals surface area contributed by atoms with Crippen LogP contribution in [0.5, 0.6) is 11.5 Å². The highest BCUT2D eigenvalue weighted by Gasteiger charge is 1.99. The van der Waals surface area contributed by atoms with Crippen LogP contribution in [0.4, 0.5) is 0 Å². The number of ether oxygens (including phenoxy) is 1.